The number of carbonyl (C=O) groups is 3. The summed E-state index contributed by atoms with van der Waals surface area (Å²) in [6, 6.07) is 7.16. The number of esters is 1. The molecule has 0 aliphatic heterocycles. The molecule has 3 aromatic heterocycles. The van der Waals surface area contributed by atoms with E-state index in [4.69, 9.17) is 14.2 Å². The second-order valence-corrected chi connectivity index (χ2v) is 10.5. The number of aryl methyl sites for hydroxylation is 1. The summed E-state index contributed by atoms with van der Waals surface area (Å²) in [5.41, 5.74) is 0.960. The molecule has 254 valence electrons. The maximum atomic E-state index is 13.0. The van der Waals surface area contributed by atoms with Gasteiger partial charge in [-0.2, -0.15) is 23.1 Å². The molecule has 0 unspecified atom stereocenters. The summed E-state index contributed by atoms with van der Waals surface area (Å²) in [5, 5.41) is 14.9. The first-order chi connectivity index (χ1) is 22.6. The van der Waals surface area contributed by atoms with Crippen LogP contribution in [0.1, 0.15) is 54.9 Å². The highest BCUT2D eigenvalue weighted by Gasteiger charge is 2.31. The van der Waals surface area contributed by atoms with E-state index < -0.39 is 11.7 Å². The number of hydrogen-bond donors (Lipinski definition) is 2. The third kappa shape index (κ3) is 9.96. The van der Waals surface area contributed by atoms with Gasteiger partial charge in [-0.25, -0.2) is 4.98 Å². The van der Waals surface area contributed by atoms with Gasteiger partial charge in [-0.1, -0.05) is 6.42 Å². The first kappa shape index (κ1) is 35.3. The molecule has 0 bridgehead atoms. The van der Waals surface area contributed by atoms with Gasteiger partial charge in [0.05, 0.1) is 44.1 Å². The van der Waals surface area contributed by atoms with E-state index in [0.717, 1.165) is 18.7 Å². The summed E-state index contributed by atoms with van der Waals surface area (Å²) >= 11 is 0. The van der Waals surface area contributed by atoms with Crippen LogP contribution in [0.15, 0.2) is 36.5 Å². The smallest absolute Gasteiger partial charge is 0.417 e. The van der Waals surface area contributed by atoms with Crippen LogP contribution in [0.2, 0.25) is 0 Å². The maximum Gasteiger partial charge on any atom is 0.417 e. The van der Waals surface area contributed by atoms with Crippen LogP contribution >= 0.6 is 0 Å². The zero-order valence-corrected chi connectivity index (χ0v) is 26.3. The van der Waals surface area contributed by atoms with Crippen molar-refractivity contribution in [2.24, 2.45) is 7.05 Å². The summed E-state index contributed by atoms with van der Waals surface area (Å²) in [4.78, 5) is 41.3. The van der Waals surface area contributed by atoms with E-state index in [9.17, 15) is 27.6 Å². The molecule has 3 heterocycles. The maximum absolute atomic E-state index is 13.0. The number of benzene rings is 1. The molecule has 13 nitrogen and oxygen atoms in total. The number of aromatic nitrogens is 5. The Morgan fingerprint density at radius 3 is 2.30 bits per heavy atom. The van der Waals surface area contributed by atoms with E-state index >= 15 is 0 Å². The van der Waals surface area contributed by atoms with Gasteiger partial charge in [0, 0.05) is 50.1 Å². The molecule has 2 amide bonds. The van der Waals surface area contributed by atoms with Gasteiger partial charge >= 0.3 is 12.1 Å². The van der Waals surface area contributed by atoms with Crippen molar-refractivity contribution < 1.29 is 41.8 Å². The lowest BCUT2D eigenvalue weighted by Gasteiger charge is -2.10. The van der Waals surface area contributed by atoms with Crippen LogP contribution in [0, 0.1) is 0 Å². The lowest BCUT2D eigenvalue weighted by Crippen LogP contribution is -2.28. The van der Waals surface area contributed by atoms with Gasteiger partial charge in [-0.05, 0) is 50.1 Å². The summed E-state index contributed by atoms with van der Waals surface area (Å²) in [7, 11) is 1.62. The number of rotatable bonds is 18. The number of halogens is 3. The van der Waals surface area contributed by atoms with Gasteiger partial charge in [-0.3, -0.25) is 19.0 Å². The lowest BCUT2D eigenvalue weighted by molar-refractivity contribution is -0.143. The number of alkyl halides is 3. The zero-order valence-electron chi connectivity index (χ0n) is 26.3. The number of ether oxygens (including phenoxy) is 3. The van der Waals surface area contributed by atoms with Gasteiger partial charge in [0.2, 0.25) is 5.91 Å². The SMILES string of the molecule is CCOC(=O)CCCCCC(=O)NCCOCCOCCNC(=O)c1ccc2c(c1)c1nn(C)nc1n2-c1ccc(C(F)(F)F)cn1. The monoisotopic (exact) mass is 661 g/mol. The number of fused-ring (bicyclic) bond motifs is 3. The van der Waals surface area contributed by atoms with Crippen molar-refractivity contribution in [2.45, 2.75) is 45.2 Å². The van der Waals surface area contributed by atoms with Crippen LogP contribution in [-0.4, -0.2) is 88.5 Å². The molecule has 0 radical (unpaired) electrons. The second-order valence-electron chi connectivity index (χ2n) is 10.5. The van der Waals surface area contributed by atoms with Gasteiger partial charge < -0.3 is 24.8 Å². The van der Waals surface area contributed by atoms with Crippen LogP contribution in [0.25, 0.3) is 27.9 Å². The minimum atomic E-state index is -4.51. The summed E-state index contributed by atoms with van der Waals surface area (Å²) in [6.45, 7) is 4.02. The number of nitrogens with one attached hydrogen (secondary N) is 2. The topological polar surface area (TPSA) is 151 Å². The fourth-order valence-corrected chi connectivity index (χ4v) is 4.79. The Bertz CT molecular complexity index is 1650. The van der Waals surface area contributed by atoms with Crippen molar-refractivity contribution in [3.05, 3.63) is 47.7 Å². The van der Waals surface area contributed by atoms with Crippen molar-refractivity contribution in [1.29, 1.82) is 0 Å². The number of pyridine rings is 1. The molecule has 0 fully saturated rings. The molecule has 0 saturated heterocycles. The van der Waals surface area contributed by atoms with E-state index in [1.165, 1.54) is 10.9 Å². The molecule has 4 aromatic rings. The number of nitrogens with zero attached hydrogens (tertiary/aromatic N) is 5. The van der Waals surface area contributed by atoms with Crippen molar-refractivity contribution in [1.82, 2.24) is 35.2 Å². The predicted molar refractivity (Wildman–Crippen MR) is 165 cm³/mol. The minimum absolute atomic E-state index is 0.0641. The third-order valence-electron chi connectivity index (χ3n) is 7.03. The summed E-state index contributed by atoms with van der Waals surface area (Å²) < 4.78 is 56.6. The Labute approximate surface area is 268 Å². The molecular formula is C31H38F3N7O6. The highest BCUT2D eigenvalue weighted by Crippen LogP contribution is 2.32. The van der Waals surface area contributed by atoms with Crippen LogP contribution in [0.4, 0.5) is 13.2 Å². The number of carbonyl (C=O) groups excluding carboxylic acids is 3. The van der Waals surface area contributed by atoms with Crippen LogP contribution in [0.5, 0.6) is 0 Å². The molecule has 0 saturated carbocycles. The molecule has 4 rings (SSSR count). The number of amides is 2. The molecular weight excluding hydrogens is 623 g/mol. The van der Waals surface area contributed by atoms with Crippen LogP contribution < -0.4 is 10.6 Å². The Morgan fingerprint density at radius 2 is 1.62 bits per heavy atom. The van der Waals surface area contributed by atoms with E-state index in [-0.39, 0.29) is 36.8 Å². The second kappa shape index (κ2) is 16.8. The quantitative estimate of drug-likeness (QED) is 0.120. The van der Waals surface area contributed by atoms with Crippen molar-refractivity contribution >= 4 is 39.9 Å². The van der Waals surface area contributed by atoms with Crippen LogP contribution in [0.3, 0.4) is 0 Å². The Balaban J connectivity index is 1.15. The Kier molecular flexibility index (Phi) is 12.6. The van der Waals surface area contributed by atoms with Crippen molar-refractivity contribution in [2.75, 3.05) is 46.1 Å². The van der Waals surface area contributed by atoms with E-state index in [2.05, 4.69) is 25.8 Å². The van der Waals surface area contributed by atoms with Gasteiger partial charge in [0.25, 0.3) is 5.91 Å². The third-order valence-corrected chi connectivity index (χ3v) is 7.03. The standard InChI is InChI=1S/C31H38F3N7O6/c1-3-47-27(43)8-6-4-5-7-26(42)35-13-15-45-17-18-46-16-14-36-30(44)21-9-11-24-23(19-21)28-29(39-40(2)38-28)41(24)25-12-10-22(20-37-25)31(32,33)34/h9-12,19-20H,3-8,13-18H2,1-2H3,(H,35,42)(H,36,44). The normalized spacial score (nSPS) is 11.7. The first-order valence-electron chi connectivity index (χ1n) is 15.3. The van der Waals surface area contributed by atoms with Crippen molar-refractivity contribution in [3.8, 4) is 5.82 Å². The molecule has 1 aromatic carbocycles. The lowest BCUT2D eigenvalue weighted by atomic mass is 10.1. The molecule has 16 heteroatoms. The number of hydrogen-bond acceptors (Lipinski definition) is 9. The molecule has 0 aliphatic rings. The first-order valence-corrected chi connectivity index (χ1v) is 15.3. The van der Waals surface area contributed by atoms with Crippen LogP contribution in [-0.2, 0) is 37.0 Å². The van der Waals surface area contributed by atoms with Crippen molar-refractivity contribution in [3.63, 3.8) is 0 Å². The summed E-state index contributed by atoms with van der Waals surface area (Å²) in [6.07, 6.45) is -0.799. The van der Waals surface area contributed by atoms with Gasteiger partial charge in [0.15, 0.2) is 5.65 Å². The Morgan fingerprint density at radius 1 is 0.894 bits per heavy atom. The highest BCUT2D eigenvalue weighted by atomic mass is 19.4. The fraction of sp³-hybridized carbons (Fsp3) is 0.484. The minimum Gasteiger partial charge on any atom is -0.466 e. The molecule has 0 atom stereocenters. The van der Waals surface area contributed by atoms with Gasteiger partial charge in [0.1, 0.15) is 11.3 Å². The fourth-order valence-electron chi connectivity index (χ4n) is 4.79. The molecule has 0 aliphatic carbocycles. The molecule has 2 N–H and O–H groups in total. The zero-order chi connectivity index (χ0) is 33.8. The van der Waals surface area contributed by atoms with E-state index in [0.29, 0.717) is 86.3 Å². The van der Waals surface area contributed by atoms with Gasteiger partial charge in [-0.15, -0.1) is 5.10 Å². The largest absolute Gasteiger partial charge is 0.466 e. The van der Waals surface area contributed by atoms with E-state index in [1.54, 1.807) is 36.7 Å². The average Bonchev–Trinajstić information content (AvgIpc) is 3.55. The van der Waals surface area contributed by atoms with E-state index in [1.807, 2.05) is 0 Å². The molecule has 47 heavy (non-hydrogen) atoms. The Hall–Kier alpha value is -4.57. The predicted octanol–water partition coefficient (Wildman–Crippen LogP) is 3.72. The summed E-state index contributed by atoms with van der Waals surface area (Å²) in [5.74, 6) is -0.376. The number of unbranched alkanes of at least 4 members (excludes halogenated alkanes) is 2. The highest BCUT2D eigenvalue weighted by molar-refractivity contribution is 6.08. The average molecular weight is 662 g/mol. The molecule has 0 spiro atoms.